The van der Waals surface area contributed by atoms with E-state index in [1.54, 1.807) is 6.92 Å². The summed E-state index contributed by atoms with van der Waals surface area (Å²) >= 11 is 0. The van der Waals surface area contributed by atoms with Crippen molar-refractivity contribution in [2.75, 3.05) is 18.0 Å². The largest absolute Gasteiger partial charge is 0.350 e. The molecule has 0 radical (unpaired) electrons. The molecule has 1 aliphatic rings. The van der Waals surface area contributed by atoms with E-state index in [4.69, 9.17) is 0 Å². The van der Waals surface area contributed by atoms with Gasteiger partial charge in [-0.25, -0.2) is 9.37 Å². The van der Waals surface area contributed by atoms with Gasteiger partial charge < -0.3 is 4.90 Å². The van der Waals surface area contributed by atoms with Crippen molar-refractivity contribution < 1.29 is 4.39 Å². The normalized spacial score (nSPS) is 19.1. The Morgan fingerprint density at radius 1 is 1.40 bits per heavy atom. The van der Waals surface area contributed by atoms with Gasteiger partial charge in [-0.3, -0.25) is 0 Å². The molecule has 82 valence electrons. The second-order valence-corrected chi connectivity index (χ2v) is 4.84. The lowest BCUT2D eigenvalue weighted by Crippen LogP contribution is -2.57. The molecule has 0 atom stereocenters. The first-order valence-electron chi connectivity index (χ1n) is 5.39. The van der Waals surface area contributed by atoms with Gasteiger partial charge in [0, 0.05) is 5.69 Å². The van der Waals surface area contributed by atoms with Crippen LogP contribution in [0.25, 0.3) is 0 Å². The van der Waals surface area contributed by atoms with E-state index < -0.39 is 5.67 Å². The number of halogens is 1. The third-order valence-electron chi connectivity index (χ3n) is 2.71. The monoisotopic (exact) mass is 208 g/mol. The standard InChI is InChI=1S/C12H17FN2/c1-9(2)10-5-4-6-11(14-10)15-7-12(3,13)8-15/h4-6,9H,7-8H2,1-3H3. The van der Waals surface area contributed by atoms with Crippen molar-refractivity contribution in [1.82, 2.24) is 4.98 Å². The second-order valence-electron chi connectivity index (χ2n) is 4.84. The molecule has 2 nitrogen and oxygen atoms in total. The Morgan fingerprint density at radius 3 is 2.60 bits per heavy atom. The summed E-state index contributed by atoms with van der Waals surface area (Å²) in [5, 5.41) is 0. The van der Waals surface area contributed by atoms with Crippen LogP contribution in [0.2, 0.25) is 0 Å². The molecule has 0 bridgehead atoms. The predicted octanol–water partition coefficient (Wildman–Crippen LogP) is 2.75. The first kappa shape index (κ1) is 10.4. The average molecular weight is 208 g/mol. The Bertz CT molecular complexity index is 352. The summed E-state index contributed by atoms with van der Waals surface area (Å²) in [5.41, 5.74) is 0.0372. The molecule has 15 heavy (non-hydrogen) atoms. The molecule has 0 saturated carbocycles. The highest BCUT2D eigenvalue weighted by Gasteiger charge is 2.39. The highest BCUT2D eigenvalue weighted by Crippen LogP contribution is 2.29. The minimum atomic E-state index is -1.03. The third kappa shape index (κ3) is 2.11. The average Bonchev–Trinajstić information content (AvgIpc) is 2.14. The molecule has 1 aromatic heterocycles. The Kier molecular flexibility index (Phi) is 2.41. The zero-order chi connectivity index (χ0) is 11.1. The van der Waals surface area contributed by atoms with Gasteiger partial charge in [0.2, 0.25) is 0 Å². The quantitative estimate of drug-likeness (QED) is 0.743. The van der Waals surface area contributed by atoms with Crippen LogP contribution in [0.4, 0.5) is 10.2 Å². The van der Waals surface area contributed by atoms with E-state index in [2.05, 4.69) is 18.8 Å². The number of rotatable bonds is 2. The first-order valence-corrected chi connectivity index (χ1v) is 5.39. The van der Waals surface area contributed by atoms with Crippen LogP contribution in [0.15, 0.2) is 18.2 Å². The molecule has 1 saturated heterocycles. The molecule has 2 heterocycles. The smallest absolute Gasteiger partial charge is 0.143 e. The van der Waals surface area contributed by atoms with Crippen LogP contribution in [0.3, 0.4) is 0 Å². The van der Waals surface area contributed by atoms with Crippen molar-refractivity contribution in [1.29, 1.82) is 0 Å². The van der Waals surface area contributed by atoms with Gasteiger partial charge in [-0.15, -0.1) is 0 Å². The van der Waals surface area contributed by atoms with Crippen LogP contribution in [0.1, 0.15) is 32.4 Å². The SMILES string of the molecule is CC(C)c1cccc(N2CC(C)(F)C2)n1. The molecule has 0 N–H and O–H groups in total. The van der Waals surface area contributed by atoms with Gasteiger partial charge in [-0.1, -0.05) is 19.9 Å². The molecule has 0 unspecified atom stereocenters. The summed E-state index contributed by atoms with van der Waals surface area (Å²) in [4.78, 5) is 6.50. The minimum absolute atomic E-state index is 0.419. The number of anilines is 1. The molecule has 0 amide bonds. The summed E-state index contributed by atoms with van der Waals surface area (Å²) in [5.74, 6) is 1.32. The highest BCUT2D eigenvalue weighted by atomic mass is 19.1. The Morgan fingerprint density at radius 2 is 2.07 bits per heavy atom. The third-order valence-corrected chi connectivity index (χ3v) is 2.71. The molecule has 1 fully saturated rings. The number of pyridine rings is 1. The van der Waals surface area contributed by atoms with E-state index in [1.165, 1.54) is 0 Å². The molecule has 0 aromatic carbocycles. The summed E-state index contributed by atoms with van der Waals surface area (Å²) in [6, 6.07) is 5.95. The van der Waals surface area contributed by atoms with Gasteiger partial charge in [0.1, 0.15) is 11.5 Å². The Hall–Kier alpha value is -1.12. The van der Waals surface area contributed by atoms with Crippen molar-refractivity contribution in [3.05, 3.63) is 23.9 Å². The maximum absolute atomic E-state index is 13.3. The van der Waals surface area contributed by atoms with Crippen LogP contribution in [-0.4, -0.2) is 23.7 Å². The first-order chi connectivity index (χ1) is 6.98. The van der Waals surface area contributed by atoms with E-state index in [9.17, 15) is 4.39 Å². The van der Waals surface area contributed by atoms with Crippen molar-refractivity contribution >= 4 is 5.82 Å². The number of hydrogen-bond acceptors (Lipinski definition) is 2. The highest BCUT2D eigenvalue weighted by molar-refractivity contribution is 5.44. The molecule has 1 aromatic rings. The maximum atomic E-state index is 13.3. The van der Waals surface area contributed by atoms with Gasteiger partial charge in [0.05, 0.1) is 13.1 Å². The Balaban J connectivity index is 2.13. The van der Waals surface area contributed by atoms with E-state index in [0.29, 0.717) is 19.0 Å². The summed E-state index contributed by atoms with van der Waals surface area (Å²) in [6.07, 6.45) is 0. The fraction of sp³-hybridized carbons (Fsp3) is 0.583. The summed E-state index contributed by atoms with van der Waals surface area (Å²) < 4.78 is 13.3. The predicted molar refractivity (Wildman–Crippen MR) is 60.1 cm³/mol. The lowest BCUT2D eigenvalue weighted by Gasteiger charge is -2.43. The topological polar surface area (TPSA) is 16.1 Å². The lowest BCUT2D eigenvalue weighted by molar-refractivity contribution is 0.143. The molecular weight excluding hydrogens is 191 g/mol. The second kappa shape index (κ2) is 3.47. The van der Waals surface area contributed by atoms with Gasteiger partial charge in [0.15, 0.2) is 0 Å². The molecule has 1 aliphatic heterocycles. The minimum Gasteiger partial charge on any atom is -0.350 e. The van der Waals surface area contributed by atoms with Crippen LogP contribution >= 0.6 is 0 Å². The van der Waals surface area contributed by atoms with Crippen LogP contribution in [0, 0.1) is 0 Å². The lowest BCUT2D eigenvalue weighted by atomic mass is 9.99. The van der Waals surface area contributed by atoms with Gasteiger partial charge in [0.25, 0.3) is 0 Å². The van der Waals surface area contributed by atoms with Crippen LogP contribution in [0.5, 0.6) is 0 Å². The molecule has 0 aliphatic carbocycles. The van der Waals surface area contributed by atoms with Gasteiger partial charge in [-0.2, -0.15) is 0 Å². The number of alkyl halides is 1. The fourth-order valence-corrected chi connectivity index (χ4v) is 1.85. The zero-order valence-electron chi connectivity index (χ0n) is 9.50. The van der Waals surface area contributed by atoms with Crippen LogP contribution in [-0.2, 0) is 0 Å². The van der Waals surface area contributed by atoms with Crippen molar-refractivity contribution in [3.63, 3.8) is 0 Å². The van der Waals surface area contributed by atoms with E-state index in [-0.39, 0.29) is 0 Å². The molecular formula is C12H17FN2. The summed E-state index contributed by atoms with van der Waals surface area (Å²) in [7, 11) is 0. The number of aromatic nitrogens is 1. The van der Waals surface area contributed by atoms with Gasteiger partial charge >= 0.3 is 0 Å². The fourth-order valence-electron chi connectivity index (χ4n) is 1.85. The maximum Gasteiger partial charge on any atom is 0.143 e. The van der Waals surface area contributed by atoms with Crippen LogP contribution < -0.4 is 4.90 Å². The van der Waals surface area contributed by atoms with Crippen molar-refractivity contribution in [2.24, 2.45) is 0 Å². The van der Waals surface area contributed by atoms with Crippen molar-refractivity contribution in [3.8, 4) is 0 Å². The summed E-state index contributed by atoms with van der Waals surface area (Å²) in [6.45, 7) is 6.78. The van der Waals surface area contributed by atoms with E-state index >= 15 is 0 Å². The van der Waals surface area contributed by atoms with Gasteiger partial charge in [-0.05, 0) is 25.0 Å². The Labute approximate surface area is 90.1 Å². The zero-order valence-corrected chi connectivity index (χ0v) is 9.50. The molecule has 0 spiro atoms. The number of nitrogens with zero attached hydrogens (tertiary/aromatic N) is 2. The number of hydrogen-bond donors (Lipinski definition) is 0. The molecule has 3 heteroatoms. The van der Waals surface area contributed by atoms with E-state index in [1.807, 2.05) is 23.1 Å². The van der Waals surface area contributed by atoms with Crippen molar-refractivity contribution in [2.45, 2.75) is 32.4 Å². The molecule has 2 rings (SSSR count). The van der Waals surface area contributed by atoms with E-state index in [0.717, 1.165) is 11.5 Å².